The van der Waals surface area contributed by atoms with Gasteiger partial charge in [-0.3, -0.25) is 58.1 Å². The molecule has 9 amide bonds. The highest BCUT2D eigenvalue weighted by Gasteiger charge is 2.33. The molecule has 0 aromatic carbocycles. The summed E-state index contributed by atoms with van der Waals surface area (Å²) >= 11 is 1.32. The second kappa shape index (κ2) is 35.2. The second-order valence-electron chi connectivity index (χ2n) is 16.5. The third-order valence-electron chi connectivity index (χ3n) is 10.4. The molecule has 414 valence electrons. The van der Waals surface area contributed by atoms with Gasteiger partial charge in [0.1, 0.15) is 36.3 Å². The number of rotatable bonds is 38. The van der Waals surface area contributed by atoms with E-state index in [-0.39, 0.29) is 108 Å². The van der Waals surface area contributed by atoms with Crippen molar-refractivity contribution >= 4 is 88.8 Å². The molecule has 1 heterocycles. The number of nitrogens with one attached hydrogen (secondary N) is 8. The summed E-state index contributed by atoms with van der Waals surface area (Å²) in [6.07, 6.45) is 3.06. The number of nitrogens with two attached hydrogens (primary N) is 9. The molecular formula is C41H73N21O11S. The first-order valence-corrected chi connectivity index (χ1v) is 24.6. The van der Waals surface area contributed by atoms with Crippen LogP contribution in [0.4, 0.5) is 0 Å². The van der Waals surface area contributed by atoms with Crippen LogP contribution in [0.3, 0.4) is 0 Å². The summed E-state index contributed by atoms with van der Waals surface area (Å²) in [5.74, 6) is -9.63. The fraction of sp³-hybridized carbons (Fsp3) is 0.610. The molecule has 27 N–H and O–H groups in total. The van der Waals surface area contributed by atoms with Crippen LogP contribution in [-0.2, 0) is 54.4 Å². The number of thioether (sulfide) groups is 1. The Morgan fingerprint density at radius 3 is 1.35 bits per heavy atom. The SMILES string of the molecule is CSCC[C@H](NC(=O)[C@H](CCC(N)=O)NC(=O)[C@H](CCCN=C(N)N)NC(=O)[C@H](CCCN=C(N)N)NC(=O)[C@H](CCCN=C(N)N)NC(=O)[C@@H](N)CCC(N)=O)C(=O)NCC(=O)N[C@@H](Cc1cnc[nH]1)C(=O)O. The van der Waals surface area contributed by atoms with Crippen molar-refractivity contribution in [3.63, 3.8) is 0 Å². The van der Waals surface area contributed by atoms with Crippen molar-refractivity contribution < 1.29 is 53.1 Å². The highest BCUT2D eigenvalue weighted by atomic mass is 32.2. The Hall–Kier alpha value is -7.97. The van der Waals surface area contributed by atoms with Crippen LogP contribution in [0.2, 0.25) is 0 Å². The number of H-pyrrole nitrogens is 1. The number of primary amides is 2. The third kappa shape index (κ3) is 28.2. The van der Waals surface area contributed by atoms with Gasteiger partial charge in [0.15, 0.2) is 17.9 Å². The van der Waals surface area contributed by atoms with E-state index in [0.717, 1.165) is 0 Å². The highest BCUT2D eigenvalue weighted by Crippen LogP contribution is 2.10. The molecule has 1 rings (SSSR count). The quantitative estimate of drug-likeness (QED) is 0.0166. The predicted octanol–water partition coefficient (Wildman–Crippen LogP) is -8.17. The molecule has 1 aromatic heterocycles. The number of aliphatic carboxylic acids is 1. The Bertz CT molecular complexity index is 2120. The van der Waals surface area contributed by atoms with Crippen LogP contribution in [-0.4, -0.2) is 173 Å². The monoisotopic (exact) mass is 1070 g/mol. The summed E-state index contributed by atoms with van der Waals surface area (Å²) in [5, 5.41) is 27.0. The maximum Gasteiger partial charge on any atom is 0.326 e. The predicted molar refractivity (Wildman–Crippen MR) is 272 cm³/mol. The van der Waals surface area contributed by atoms with Crippen LogP contribution < -0.4 is 88.8 Å². The van der Waals surface area contributed by atoms with E-state index in [4.69, 9.17) is 51.6 Å². The van der Waals surface area contributed by atoms with Crippen molar-refractivity contribution in [1.29, 1.82) is 0 Å². The number of carboxylic acids is 1. The molecule has 0 unspecified atom stereocenters. The zero-order valence-electron chi connectivity index (χ0n) is 41.1. The lowest BCUT2D eigenvalue weighted by Crippen LogP contribution is -2.59. The van der Waals surface area contributed by atoms with E-state index in [1.54, 1.807) is 6.26 Å². The van der Waals surface area contributed by atoms with Crippen LogP contribution in [0, 0.1) is 0 Å². The number of guanidine groups is 3. The van der Waals surface area contributed by atoms with Gasteiger partial charge in [0.05, 0.1) is 18.9 Å². The highest BCUT2D eigenvalue weighted by molar-refractivity contribution is 7.98. The minimum atomic E-state index is -1.56. The van der Waals surface area contributed by atoms with Crippen molar-refractivity contribution in [2.45, 2.75) is 119 Å². The van der Waals surface area contributed by atoms with Gasteiger partial charge in [-0.15, -0.1) is 0 Å². The zero-order chi connectivity index (χ0) is 55.8. The molecule has 0 saturated carbocycles. The average molecular weight is 1070 g/mol. The van der Waals surface area contributed by atoms with Crippen molar-refractivity contribution in [2.75, 3.05) is 38.2 Å². The smallest absolute Gasteiger partial charge is 0.326 e. The third-order valence-corrected chi connectivity index (χ3v) is 11.0. The molecule has 0 radical (unpaired) electrons. The number of nitrogens with zero attached hydrogens (tertiary/aromatic N) is 4. The van der Waals surface area contributed by atoms with Gasteiger partial charge < -0.3 is 98.9 Å². The van der Waals surface area contributed by atoms with E-state index in [1.165, 1.54) is 24.3 Å². The Morgan fingerprint density at radius 1 is 0.568 bits per heavy atom. The molecule has 0 spiro atoms. The molecule has 0 saturated heterocycles. The molecule has 0 fully saturated rings. The van der Waals surface area contributed by atoms with Crippen molar-refractivity contribution in [3.05, 3.63) is 18.2 Å². The summed E-state index contributed by atoms with van der Waals surface area (Å²) in [4.78, 5) is 149. The first kappa shape index (κ1) is 64.0. The summed E-state index contributed by atoms with van der Waals surface area (Å²) in [7, 11) is 0. The molecule has 33 heteroatoms. The number of carbonyl (C=O) groups is 10. The topological polar surface area (TPSA) is 575 Å². The van der Waals surface area contributed by atoms with Crippen molar-refractivity contribution in [3.8, 4) is 0 Å². The van der Waals surface area contributed by atoms with E-state index in [0.29, 0.717) is 11.4 Å². The molecule has 0 aliphatic rings. The summed E-state index contributed by atoms with van der Waals surface area (Å²) in [5.41, 5.74) is 49.8. The van der Waals surface area contributed by atoms with Gasteiger partial charge in [-0.25, -0.2) is 9.78 Å². The first-order chi connectivity index (χ1) is 34.9. The summed E-state index contributed by atoms with van der Waals surface area (Å²) < 4.78 is 0. The number of aromatic nitrogens is 2. The van der Waals surface area contributed by atoms with E-state index in [9.17, 15) is 53.1 Å². The fourth-order valence-electron chi connectivity index (χ4n) is 6.53. The number of hydrogen-bond donors (Lipinski definition) is 18. The Balaban J connectivity index is 3.50. The van der Waals surface area contributed by atoms with Crippen LogP contribution >= 0.6 is 11.8 Å². The molecular weight excluding hydrogens is 995 g/mol. The fourth-order valence-corrected chi connectivity index (χ4v) is 7.00. The van der Waals surface area contributed by atoms with E-state index in [1.807, 2.05) is 0 Å². The second-order valence-corrected chi connectivity index (χ2v) is 17.5. The Kier molecular flexibility index (Phi) is 30.5. The normalized spacial score (nSPS) is 13.5. The average Bonchev–Trinajstić information content (AvgIpc) is 3.85. The van der Waals surface area contributed by atoms with Gasteiger partial charge >= 0.3 is 5.97 Å². The van der Waals surface area contributed by atoms with Crippen molar-refractivity contribution in [1.82, 2.24) is 47.2 Å². The Morgan fingerprint density at radius 2 is 0.973 bits per heavy atom. The number of carboxylic acid groups (broad SMARTS) is 1. The Labute approximate surface area is 430 Å². The molecule has 74 heavy (non-hydrogen) atoms. The molecule has 0 aliphatic heterocycles. The summed E-state index contributed by atoms with van der Waals surface area (Å²) in [6.45, 7) is -0.671. The van der Waals surface area contributed by atoms with Crippen LogP contribution in [0.1, 0.15) is 76.3 Å². The van der Waals surface area contributed by atoms with E-state index >= 15 is 0 Å². The lowest BCUT2D eigenvalue weighted by Gasteiger charge is -2.27. The van der Waals surface area contributed by atoms with E-state index in [2.05, 4.69) is 62.2 Å². The van der Waals surface area contributed by atoms with Crippen molar-refractivity contribution in [2.24, 2.45) is 66.6 Å². The minimum Gasteiger partial charge on any atom is -0.480 e. The molecule has 0 aliphatic carbocycles. The number of amides is 9. The van der Waals surface area contributed by atoms with Gasteiger partial charge in [0, 0.05) is 50.8 Å². The van der Waals surface area contributed by atoms with Gasteiger partial charge in [0.2, 0.25) is 53.2 Å². The number of aliphatic imine (C=N–C) groups is 3. The number of aromatic amines is 1. The zero-order valence-corrected chi connectivity index (χ0v) is 42.0. The summed E-state index contributed by atoms with van der Waals surface area (Å²) in [6, 6.07) is -9.78. The van der Waals surface area contributed by atoms with Gasteiger partial charge in [-0.2, -0.15) is 11.8 Å². The van der Waals surface area contributed by atoms with Gasteiger partial charge in [-0.1, -0.05) is 0 Å². The molecule has 0 bridgehead atoms. The van der Waals surface area contributed by atoms with Crippen LogP contribution in [0.5, 0.6) is 0 Å². The maximum atomic E-state index is 14.2. The van der Waals surface area contributed by atoms with E-state index < -0.39 is 114 Å². The van der Waals surface area contributed by atoms with Crippen LogP contribution in [0.25, 0.3) is 0 Å². The van der Waals surface area contributed by atoms with Gasteiger partial charge in [0.25, 0.3) is 0 Å². The molecule has 7 atom stereocenters. The number of carbonyl (C=O) groups excluding carboxylic acids is 9. The largest absolute Gasteiger partial charge is 0.480 e. The first-order valence-electron chi connectivity index (χ1n) is 23.2. The lowest BCUT2D eigenvalue weighted by atomic mass is 10.0. The lowest BCUT2D eigenvalue weighted by molar-refractivity contribution is -0.141. The van der Waals surface area contributed by atoms with Crippen LogP contribution in [0.15, 0.2) is 27.5 Å². The molecule has 1 aromatic rings. The molecule has 32 nitrogen and oxygen atoms in total. The standard InChI is InChI=1S/C41H73N21O11S/c1-74-16-12-27(33(67)55-19-31(65)57-28(38(72)73)17-21-18-51-20-56-21)62-37(71)26(9-11-30(44)64)61-36(70)25(7-4-15-54-41(49)50)60-35(69)24(6-3-14-53-40(47)48)59-34(68)23(5-2-13-52-39(45)46)58-32(66)22(42)8-10-29(43)63/h18,20,22-28H,2-17,19,42H2,1H3,(H2,43,63)(H2,44,64)(H,51,56)(H,55,67)(H,57,65)(H,58,66)(H,59,68)(H,60,69)(H,61,70)(H,62,71)(H,72,73)(H4,45,46,52)(H4,47,48,53)(H4,49,50,54)/t22-,23-,24-,25-,26-,27-,28-/m0/s1. The minimum absolute atomic E-state index is 0.00447. The number of imidazole rings is 1. The number of hydrogen-bond acceptors (Lipinski definition) is 16. The maximum absolute atomic E-state index is 14.2. The van der Waals surface area contributed by atoms with Gasteiger partial charge in [-0.05, 0) is 69.8 Å².